The van der Waals surface area contributed by atoms with Gasteiger partial charge in [-0.3, -0.25) is 4.98 Å². The molecule has 0 radical (unpaired) electrons. The summed E-state index contributed by atoms with van der Waals surface area (Å²) >= 11 is 0. The lowest BCUT2D eigenvalue weighted by Crippen LogP contribution is -2.01. The number of nitrogens with two attached hydrogens (primary N) is 1. The van der Waals surface area contributed by atoms with E-state index >= 15 is 0 Å². The highest BCUT2D eigenvalue weighted by Gasteiger charge is 2.04. The minimum absolute atomic E-state index is 0.485. The van der Waals surface area contributed by atoms with Crippen LogP contribution in [0.1, 0.15) is 11.3 Å². The van der Waals surface area contributed by atoms with Crippen LogP contribution in [0.2, 0.25) is 0 Å². The largest absolute Gasteiger partial charge is 0.439 e. The summed E-state index contributed by atoms with van der Waals surface area (Å²) in [5.74, 6) is 1.29. The number of nitrogens with zero attached hydrogens (tertiary/aromatic N) is 2. The van der Waals surface area contributed by atoms with Crippen LogP contribution in [0, 0.1) is 6.92 Å². The molecule has 0 saturated heterocycles. The highest BCUT2D eigenvalue weighted by molar-refractivity contribution is 5.79. The monoisotopic (exact) mass is 265 g/mol. The van der Waals surface area contributed by atoms with Crippen molar-refractivity contribution in [3.05, 3.63) is 59.9 Å². The molecule has 0 spiro atoms. The molecule has 0 aliphatic heterocycles. The van der Waals surface area contributed by atoms with Gasteiger partial charge < -0.3 is 10.5 Å². The smallest absolute Gasteiger partial charge is 0.219 e. The van der Waals surface area contributed by atoms with Gasteiger partial charge in [-0.1, -0.05) is 12.1 Å². The van der Waals surface area contributed by atoms with Crippen LogP contribution in [0.4, 0.5) is 0 Å². The van der Waals surface area contributed by atoms with Crippen LogP contribution < -0.4 is 10.5 Å². The zero-order valence-corrected chi connectivity index (χ0v) is 11.2. The Hall–Kier alpha value is -2.46. The topological polar surface area (TPSA) is 61.0 Å². The quantitative estimate of drug-likeness (QED) is 0.790. The minimum Gasteiger partial charge on any atom is -0.439 e. The van der Waals surface area contributed by atoms with Crippen LogP contribution in [0.15, 0.2) is 48.7 Å². The summed E-state index contributed by atoms with van der Waals surface area (Å²) in [7, 11) is 0. The first kappa shape index (κ1) is 12.6. The van der Waals surface area contributed by atoms with E-state index in [-0.39, 0.29) is 0 Å². The summed E-state index contributed by atoms with van der Waals surface area (Å²) < 4.78 is 5.77. The first-order chi connectivity index (χ1) is 9.76. The molecule has 2 N–H and O–H groups in total. The highest BCUT2D eigenvalue weighted by atomic mass is 16.5. The number of hydrogen-bond acceptors (Lipinski definition) is 4. The van der Waals surface area contributed by atoms with Gasteiger partial charge in [0.05, 0.1) is 5.52 Å². The predicted octanol–water partition coefficient (Wildman–Crippen LogP) is 3.19. The third kappa shape index (κ3) is 2.46. The molecule has 0 saturated carbocycles. The summed E-state index contributed by atoms with van der Waals surface area (Å²) in [4.78, 5) is 8.71. The molecule has 3 rings (SSSR count). The van der Waals surface area contributed by atoms with Gasteiger partial charge in [0, 0.05) is 36.0 Å². The average molecular weight is 265 g/mol. The third-order valence-corrected chi connectivity index (χ3v) is 3.19. The molecule has 2 aromatic heterocycles. The molecule has 0 fully saturated rings. The van der Waals surface area contributed by atoms with Gasteiger partial charge in [0.2, 0.25) is 5.88 Å². The fourth-order valence-electron chi connectivity index (χ4n) is 2.07. The molecular formula is C16H15N3O. The second kappa shape index (κ2) is 5.27. The molecule has 4 nitrogen and oxygen atoms in total. The number of ether oxygens (including phenoxy) is 1. The Morgan fingerprint density at radius 2 is 2.05 bits per heavy atom. The molecule has 20 heavy (non-hydrogen) atoms. The lowest BCUT2D eigenvalue weighted by molar-refractivity contribution is 0.461. The summed E-state index contributed by atoms with van der Waals surface area (Å²) in [5.41, 5.74) is 8.45. The SMILES string of the molecule is Cc1nc(Oc2ccc3cccnc3c2)ccc1CN. The number of aryl methyl sites for hydroxylation is 1. The van der Waals surface area contributed by atoms with Crippen LogP contribution >= 0.6 is 0 Å². The van der Waals surface area contributed by atoms with Crippen LogP contribution in [-0.2, 0) is 6.54 Å². The Balaban J connectivity index is 1.90. The summed E-state index contributed by atoms with van der Waals surface area (Å²) in [5, 5.41) is 1.09. The second-order valence-corrected chi connectivity index (χ2v) is 4.56. The average Bonchev–Trinajstić information content (AvgIpc) is 2.47. The van der Waals surface area contributed by atoms with E-state index in [0.29, 0.717) is 12.4 Å². The van der Waals surface area contributed by atoms with E-state index in [1.807, 2.05) is 49.4 Å². The molecule has 0 amide bonds. The zero-order chi connectivity index (χ0) is 13.9. The summed E-state index contributed by atoms with van der Waals surface area (Å²) in [6, 6.07) is 13.5. The summed E-state index contributed by atoms with van der Waals surface area (Å²) in [6.07, 6.45) is 1.77. The molecule has 0 aliphatic carbocycles. The zero-order valence-electron chi connectivity index (χ0n) is 11.2. The van der Waals surface area contributed by atoms with Crippen molar-refractivity contribution in [2.75, 3.05) is 0 Å². The van der Waals surface area contributed by atoms with Crippen molar-refractivity contribution >= 4 is 10.9 Å². The Morgan fingerprint density at radius 1 is 1.15 bits per heavy atom. The predicted molar refractivity (Wildman–Crippen MR) is 78.7 cm³/mol. The van der Waals surface area contributed by atoms with Crippen molar-refractivity contribution in [3.8, 4) is 11.6 Å². The Kier molecular flexibility index (Phi) is 3.31. The molecule has 0 aliphatic rings. The van der Waals surface area contributed by atoms with Gasteiger partial charge in [-0.25, -0.2) is 4.98 Å². The van der Waals surface area contributed by atoms with E-state index < -0.39 is 0 Å². The maximum Gasteiger partial charge on any atom is 0.219 e. The van der Waals surface area contributed by atoms with Crippen molar-refractivity contribution in [1.82, 2.24) is 9.97 Å². The van der Waals surface area contributed by atoms with Crippen molar-refractivity contribution < 1.29 is 4.74 Å². The maximum atomic E-state index is 5.77. The second-order valence-electron chi connectivity index (χ2n) is 4.56. The van der Waals surface area contributed by atoms with Gasteiger partial charge in [0.1, 0.15) is 5.75 Å². The molecule has 2 heterocycles. The van der Waals surface area contributed by atoms with Gasteiger partial charge >= 0.3 is 0 Å². The van der Waals surface area contributed by atoms with Crippen molar-refractivity contribution in [1.29, 1.82) is 0 Å². The minimum atomic E-state index is 0.485. The number of hydrogen-bond donors (Lipinski definition) is 1. The lowest BCUT2D eigenvalue weighted by Gasteiger charge is -2.08. The fourth-order valence-corrected chi connectivity index (χ4v) is 2.07. The number of rotatable bonds is 3. The third-order valence-electron chi connectivity index (χ3n) is 3.19. The van der Waals surface area contributed by atoms with Crippen LogP contribution in [-0.4, -0.2) is 9.97 Å². The van der Waals surface area contributed by atoms with Crippen molar-refractivity contribution in [3.63, 3.8) is 0 Å². The van der Waals surface area contributed by atoms with Gasteiger partial charge in [-0.2, -0.15) is 0 Å². The number of aromatic nitrogens is 2. The number of benzene rings is 1. The first-order valence-corrected chi connectivity index (χ1v) is 6.45. The fraction of sp³-hybridized carbons (Fsp3) is 0.125. The van der Waals surface area contributed by atoms with E-state index in [1.165, 1.54) is 0 Å². The number of fused-ring (bicyclic) bond motifs is 1. The van der Waals surface area contributed by atoms with E-state index in [0.717, 1.165) is 27.9 Å². The Labute approximate surface area is 117 Å². The molecule has 0 bridgehead atoms. The van der Waals surface area contributed by atoms with Crippen molar-refractivity contribution in [2.45, 2.75) is 13.5 Å². The van der Waals surface area contributed by atoms with Crippen LogP contribution in [0.25, 0.3) is 10.9 Å². The molecule has 0 atom stereocenters. The molecule has 100 valence electrons. The molecule has 0 unspecified atom stereocenters. The van der Waals surface area contributed by atoms with E-state index in [1.54, 1.807) is 6.20 Å². The molecule has 3 aromatic rings. The van der Waals surface area contributed by atoms with E-state index in [9.17, 15) is 0 Å². The Morgan fingerprint density at radius 3 is 2.85 bits per heavy atom. The maximum absolute atomic E-state index is 5.77. The standard InChI is InChI=1S/C16H15N3O/c1-11-13(10-17)5-7-16(19-11)20-14-6-4-12-3-2-8-18-15(12)9-14/h2-9H,10,17H2,1H3. The van der Waals surface area contributed by atoms with Crippen molar-refractivity contribution in [2.24, 2.45) is 5.73 Å². The van der Waals surface area contributed by atoms with Gasteiger partial charge in [-0.15, -0.1) is 0 Å². The summed E-state index contributed by atoms with van der Waals surface area (Å²) in [6.45, 7) is 2.41. The van der Waals surface area contributed by atoms with Gasteiger partial charge in [0.25, 0.3) is 0 Å². The van der Waals surface area contributed by atoms with Gasteiger partial charge in [0.15, 0.2) is 0 Å². The molecule has 1 aromatic carbocycles. The normalized spacial score (nSPS) is 10.7. The van der Waals surface area contributed by atoms with E-state index in [2.05, 4.69) is 9.97 Å². The lowest BCUT2D eigenvalue weighted by atomic mass is 10.2. The molecule has 4 heteroatoms. The van der Waals surface area contributed by atoms with Gasteiger partial charge in [-0.05, 0) is 30.7 Å². The van der Waals surface area contributed by atoms with Crippen LogP contribution in [0.5, 0.6) is 11.6 Å². The van der Waals surface area contributed by atoms with Crippen LogP contribution in [0.3, 0.4) is 0 Å². The molecular weight excluding hydrogens is 250 g/mol. The first-order valence-electron chi connectivity index (χ1n) is 6.45. The Bertz CT molecular complexity index is 756. The van der Waals surface area contributed by atoms with E-state index in [4.69, 9.17) is 10.5 Å². The number of pyridine rings is 2. The highest BCUT2D eigenvalue weighted by Crippen LogP contribution is 2.24.